The summed E-state index contributed by atoms with van der Waals surface area (Å²) in [6.07, 6.45) is 4.76. The number of nitrogens with zero attached hydrogens (tertiary/aromatic N) is 2. The van der Waals surface area contributed by atoms with Crippen LogP contribution in [0.1, 0.15) is 31.7 Å². The smallest absolute Gasteiger partial charge is 0.204 e. The van der Waals surface area contributed by atoms with Crippen LogP contribution >= 0.6 is 11.6 Å². The molecule has 1 fully saturated rings. The van der Waals surface area contributed by atoms with Crippen molar-refractivity contribution in [2.24, 2.45) is 0 Å². The number of fused-ring (bicyclic) bond motifs is 1. The second-order valence-electron chi connectivity index (χ2n) is 4.32. The van der Waals surface area contributed by atoms with Gasteiger partial charge in [0.25, 0.3) is 0 Å². The van der Waals surface area contributed by atoms with E-state index in [2.05, 4.69) is 4.98 Å². The molecule has 0 saturated heterocycles. The largest absolute Gasteiger partial charge is 0.312 e. The van der Waals surface area contributed by atoms with Gasteiger partial charge in [0.2, 0.25) is 5.28 Å². The third-order valence-electron chi connectivity index (χ3n) is 3.30. The second kappa shape index (κ2) is 3.74. The van der Waals surface area contributed by atoms with Crippen molar-refractivity contribution in [2.75, 3.05) is 0 Å². The molecule has 0 bridgehead atoms. The zero-order chi connectivity index (χ0) is 11.1. The van der Waals surface area contributed by atoms with Gasteiger partial charge < -0.3 is 4.57 Å². The summed E-state index contributed by atoms with van der Waals surface area (Å²) in [5, 5.41) is 0.479. The summed E-state index contributed by atoms with van der Waals surface area (Å²) in [7, 11) is 0. The molecule has 1 saturated carbocycles. The Morgan fingerprint density at radius 3 is 2.81 bits per heavy atom. The zero-order valence-electron chi connectivity index (χ0n) is 8.79. The molecule has 1 aliphatic rings. The summed E-state index contributed by atoms with van der Waals surface area (Å²) in [6.45, 7) is 0. The molecule has 4 heteroatoms. The lowest BCUT2D eigenvalue weighted by Crippen LogP contribution is -2.04. The summed E-state index contributed by atoms with van der Waals surface area (Å²) < 4.78 is 15.1. The van der Waals surface area contributed by atoms with Gasteiger partial charge in [-0.05, 0) is 36.6 Å². The molecule has 1 aliphatic carbocycles. The van der Waals surface area contributed by atoms with Crippen LogP contribution in [0.4, 0.5) is 4.39 Å². The van der Waals surface area contributed by atoms with Crippen molar-refractivity contribution in [3.05, 3.63) is 29.3 Å². The van der Waals surface area contributed by atoms with E-state index in [0.29, 0.717) is 16.8 Å². The van der Waals surface area contributed by atoms with Crippen molar-refractivity contribution in [1.29, 1.82) is 0 Å². The first-order valence-electron chi connectivity index (χ1n) is 5.59. The number of imidazole rings is 1. The number of halogens is 2. The fraction of sp³-hybridized carbons (Fsp3) is 0.417. The van der Waals surface area contributed by atoms with Gasteiger partial charge in [-0.2, -0.15) is 0 Å². The van der Waals surface area contributed by atoms with Crippen molar-refractivity contribution in [2.45, 2.75) is 31.7 Å². The molecule has 0 aliphatic heterocycles. The summed E-state index contributed by atoms with van der Waals surface area (Å²) in [5.74, 6) is -0.264. The molecule has 0 radical (unpaired) electrons. The lowest BCUT2D eigenvalue weighted by molar-refractivity contribution is 0.532. The number of benzene rings is 1. The molecule has 2 aromatic rings. The Bertz CT molecular complexity index is 529. The highest BCUT2D eigenvalue weighted by Gasteiger charge is 2.21. The van der Waals surface area contributed by atoms with Crippen LogP contribution in [0.3, 0.4) is 0 Å². The van der Waals surface area contributed by atoms with Crippen LogP contribution in [0.5, 0.6) is 0 Å². The topological polar surface area (TPSA) is 17.8 Å². The summed E-state index contributed by atoms with van der Waals surface area (Å²) in [5.41, 5.74) is 1.59. The van der Waals surface area contributed by atoms with Crippen LogP contribution in [0.2, 0.25) is 5.28 Å². The average Bonchev–Trinajstić information content (AvgIpc) is 2.83. The molecule has 0 amide bonds. The maximum Gasteiger partial charge on any atom is 0.204 e. The van der Waals surface area contributed by atoms with Crippen LogP contribution < -0.4 is 0 Å². The third-order valence-corrected chi connectivity index (χ3v) is 3.56. The van der Waals surface area contributed by atoms with Crippen LogP contribution in [0, 0.1) is 5.82 Å². The van der Waals surface area contributed by atoms with E-state index in [-0.39, 0.29) is 5.82 Å². The Labute approximate surface area is 98.0 Å². The van der Waals surface area contributed by atoms with E-state index < -0.39 is 0 Å². The first kappa shape index (κ1) is 10.1. The van der Waals surface area contributed by atoms with E-state index in [0.717, 1.165) is 18.4 Å². The molecule has 1 heterocycles. The van der Waals surface area contributed by atoms with Gasteiger partial charge in [0.15, 0.2) is 0 Å². The Morgan fingerprint density at radius 1 is 1.31 bits per heavy atom. The minimum atomic E-state index is -0.264. The van der Waals surface area contributed by atoms with Gasteiger partial charge in [-0.3, -0.25) is 0 Å². The number of hydrogen-bond donors (Lipinski definition) is 0. The maximum atomic E-state index is 13.1. The van der Waals surface area contributed by atoms with Crippen LogP contribution in [0.25, 0.3) is 11.0 Å². The number of hydrogen-bond acceptors (Lipinski definition) is 1. The maximum absolute atomic E-state index is 13.1. The van der Waals surface area contributed by atoms with Gasteiger partial charge in [0, 0.05) is 12.1 Å². The van der Waals surface area contributed by atoms with Crippen LogP contribution in [-0.4, -0.2) is 9.55 Å². The Kier molecular flexibility index (Phi) is 2.36. The SMILES string of the molecule is Fc1ccc2c(c1)nc(Cl)n2C1CCCC1. The van der Waals surface area contributed by atoms with Gasteiger partial charge in [0.05, 0.1) is 11.0 Å². The van der Waals surface area contributed by atoms with E-state index in [9.17, 15) is 4.39 Å². The monoisotopic (exact) mass is 238 g/mol. The van der Waals surface area contributed by atoms with E-state index in [1.165, 1.54) is 25.0 Å². The summed E-state index contributed by atoms with van der Waals surface area (Å²) in [4.78, 5) is 4.21. The number of aromatic nitrogens is 2. The van der Waals surface area contributed by atoms with Crippen molar-refractivity contribution in [1.82, 2.24) is 9.55 Å². The third kappa shape index (κ3) is 1.50. The molecular weight excluding hydrogens is 227 g/mol. The first-order valence-corrected chi connectivity index (χ1v) is 5.96. The van der Waals surface area contributed by atoms with Crippen LogP contribution in [-0.2, 0) is 0 Å². The molecule has 0 spiro atoms. The highest BCUT2D eigenvalue weighted by Crippen LogP contribution is 2.35. The van der Waals surface area contributed by atoms with E-state index >= 15 is 0 Å². The Morgan fingerprint density at radius 2 is 2.06 bits per heavy atom. The first-order chi connectivity index (χ1) is 7.75. The number of rotatable bonds is 1. The lowest BCUT2D eigenvalue weighted by Gasteiger charge is -2.13. The van der Waals surface area contributed by atoms with E-state index in [1.807, 2.05) is 4.57 Å². The highest BCUT2D eigenvalue weighted by molar-refractivity contribution is 6.29. The second-order valence-corrected chi connectivity index (χ2v) is 4.66. The highest BCUT2D eigenvalue weighted by atomic mass is 35.5. The fourth-order valence-corrected chi connectivity index (χ4v) is 2.87. The Hall–Kier alpha value is -1.09. The molecule has 3 rings (SSSR count). The molecule has 16 heavy (non-hydrogen) atoms. The minimum absolute atomic E-state index is 0.264. The summed E-state index contributed by atoms with van der Waals surface area (Å²) in [6, 6.07) is 5.10. The fourth-order valence-electron chi connectivity index (χ4n) is 2.55. The van der Waals surface area contributed by atoms with Gasteiger partial charge in [-0.1, -0.05) is 12.8 Å². The molecule has 1 aromatic carbocycles. The van der Waals surface area contributed by atoms with Gasteiger partial charge in [-0.15, -0.1) is 0 Å². The molecular formula is C12H12ClFN2. The standard InChI is InChI=1S/C12H12ClFN2/c13-12-15-10-7-8(14)5-6-11(10)16(12)9-3-1-2-4-9/h5-7,9H,1-4H2. The van der Waals surface area contributed by atoms with Gasteiger partial charge >= 0.3 is 0 Å². The molecule has 0 unspecified atom stereocenters. The van der Waals surface area contributed by atoms with E-state index in [4.69, 9.17) is 11.6 Å². The average molecular weight is 239 g/mol. The Balaban J connectivity index is 2.18. The molecule has 1 aromatic heterocycles. The predicted octanol–water partition coefficient (Wildman–Crippen LogP) is 3.94. The van der Waals surface area contributed by atoms with Crippen molar-refractivity contribution < 1.29 is 4.39 Å². The minimum Gasteiger partial charge on any atom is -0.312 e. The predicted molar refractivity (Wildman–Crippen MR) is 62.2 cm³/mol. The van der Waals surface area contributed by atoms with E-state index in [1.54, 1.807) is 6.07 Å². The molecule has 0 N–H and O–H groups in total. The van der Waals surface area contributed by atoms with Crippen LogP contribution in [0.15, 0.2) is 18.2 Å². The van der Waals surface area contributed by atoms with Crippen molar-refractivity contribution >= 4 is 22.6 Å². The lowest BCUT2D eigenvalue weighted by atomic mass is 10.2. The molecule has 0 atom stereocenters. The van der Waals surface area contributed by atoms with Gasteiger partial charge in [-0.25, -0.2) is 9.37 Å². The van der Waals surface area contributed by atoms with Crippen molar-refractivity contribution in [3.8, 4) is 0 Å². The van der Waals surface area contributed by atoms with Crippen molar-refractivity contribution in [3.63, 3.8) is 0 Å². The van der Waals surface area contributed by atoms with Gasteiger partial charge in [0.1, 0.15) is 5.82 Å². The zero-order valence-corrected chi connectivity index (χ0v) is 9.54. The quantitative estimate of drug-likeness (QED) is 0.736. The summed E-state index contributed by atoms with van der Waals surface area (Å²) >= 11 is 6.13. The molecule has 2 nitrogen and oxygen atoms in total. The molecule has 84 valence electrons. The normalized spacial score (nSPS) is 17.4.